The summed E-state index contributed by atoms with van der Waals surface area (Å²) < 4.78 is 2.47. The number of nitrogens with zero attached hydrogens (tertiary/aromatic N) is 2. The maximum Gasteiger partial charge on any atom is 0.0799 e. The molecule has 0 aliphatic carbocycles. The van der Waals surface area contributed by atoms with Crippen LogP contribution in [0.15, 0.2) is 224 Å². The Balaban J connectivity index is 1.00. The van der Waals surface area contributed by atoms with Gasteiger partial charge in [0.25, 0.3) is 0 Å². The summed E-state index contributed by atoms with van der Waals surface area (Å²) in [6.45, 7) is 0. The summed E-state index contributed by atoms with van der Waals surface area (Å²) in [6, 6.07) is 80.7. The molecule has 0 bridgehead atoms. The van der Waals surface area contributed by atoms with Gasteiger partial charge < -0.3 is 9.47 Å². The van der Waals surface area contributed by atoms with Gasteiger partial charge in [-0.2, -0.15) is 0 Å². The summed E-state index contributed by atoms with van der Waals surface area (Å²) in [6.07, 6.45) is 2.43. The van der Waals surface area contributed by atoms with E-state index in [0.29, 0.717) is 0 Å². The van der Waals surface area contributed by atoms with E-state index in [-0.39, 0.29) is 6.04 Å². The van der Waals surface area contributed by atoms with Crippen LogP contribution in [0.4, 0.5) is 5.69 Å². The standard InChI is InChI=1S/C59H38N2/c1-2-18-45(19-3-1)61-54-25-13-12-24-51(54)58-57-49-22-10-8-20-47(49)52(36-53(57)48-21-9-11-23-50(48)59(58)61)40-30-32-46(33-31-40)60-55(43-28-26-38-14-4-6-16-41(38)34-43)37-56(60)44-29-27-39-15-5-7-17-42(39)35-44/h1-37,55H. The fraction of sp³-hybridized carbons (Fsp3) is 0.0169. The van der Waals surface area contributed by atoms with Crippen molar-refractivity contribution >= 4 is 87.1 Å². The van der Waals surface area contributed by atoms with E-state index in [4.69, 9.17) is 0 Å². The van der Waals surface area contributed by atoms with Crippen LogP contribution in [0.5, 0.6) is 0 Å². The van der Waals surface area contributed by atoms with E-state index in [1.54, 1.807) is 0 Å². The van der Waals surface area contributed by atoms with E-state index in [1.165, 1.54) is 115 Å². The van der Waals surface area contributed by atoms with E-state index in [9.17, 15) is 0 Å². The Morgan fingerprint density at radius 3 is 1.70 bits per heavy atom. The monoisotopic (exact) mass is 774 g/mol. The van der Waals surface area contributed by atoms with Gasteiger partial charge in [0.05, 0.1) is 17.1 Å². The second-order valence-electron chi connectivity index (χ2n) is 16.4. The van der Waals surface area contributed by atoms with E-state index in [2.05, 4.69) is 234 Å². The van der Waals surface area contributed by atoms with Crippen LogP contribution in [0.2, 0.25) is 0 Å². The van der Waals surface area contributed by atoms with Crippen LogP contribution >= 0.6 is 0 Å². The molecule has 0 radical (unpaired) electrons. The topological polar surface area (TPSA) is 8.17 Å². The number of rotatable bonds is 5. The first-order valence-corrected chi connectivity index (χ1v) is 21.2. The predicted molar refractivity (Wildman–Crippen MR) is 260 cm³/mol. The van der Waals surface area contributed by atoms with Crippen LogP contribution in [0, 0.1) is 0 Å². The van der Waals surface area contributed by atoms with Crippen LogP contribution in [-0.2, 0) is 0 Å². The van der Waals surface area contributed by atoms with Gasteiger partial charge >= 0.3 is 0 Å². The SMILES string of the molecule is C1=C(c2ccc3ccccc3c2)N(c2ccc(-c3cc4c5ccccc5c5c(c6ccccc6n5-c5ccccc5)c4c4ccccc34)cc2)C1c1ccc2ccccc2c1. The van der Waals surface area contributed by atoms with Gasteiger partial charge in [0, 0.05) is 38.6 Å². The Hall–Kier alpha value is -7.94. The summed E-state index contributed by atoms with van der Waals surface area (Å²) in [4.78, 5) is 2.52. The molecule has 0 saturated heterocycles. The lowest BCUT2D eigenvalue weighted by Crippen LogP contribution is -2.34. The Bertz CT molecular complexity index is 3760. The van der Waals surface area contributed by atoms with Crippen molar-refractivity contribution in [2.45, 2.75) is 6.04 Å². The molecule has 2 heteroatoms. The van der Waals surface area contributed by atoms with Gasteiger partial charge in [0.15, 0.2) is 0 Å². The highest BCUT2D eigenvalue weighted by Gasteiger charge is 2.33. The molecule has 12 aromatic rings. The van der Waals surface area contributed by atoms with Crippen LogP contribution in [0.3, 0.4) is 0 Å². The molecule has 2 nitrogen and oxygen atoms in total. The Morgan fingerprint density at radius 2 is 0.934 bits per heavy atom. The van der Waals surface area contributed by atoms with Crippen LogP contribution in [0.25, 0.3) is 98.2 Å². The molecule has 0 N–H and O–H groups in total. The number of hydrogen-bond acceptors (Lipinski definition) is 1. The van der Waals surface area contributed by atoms with Crippen molar-refractivity contribution in [2.24, 2.45) is 0 Å². The van der Waals surface area contributed by atoms with Gasteiger partial charge in [-0.25, -0.2) is 0 Å². The summed E-state index contributed by atoms with van der Waals surface area (Å²) >= 11 is 0. The normalized spacial score (nSPS) is 14.1. The largest absolute Gasteiger partial charge is 0.330 e. The van der Waals surface area contributed by atoms with Crippen molar-refractivity contribution in [1.82, 2.24) is 4.57 Å². The lowest BCUT2D eigenvalue weighted by molar-refractivity contribution is 0.800. The Morgan fingerprint density at radius 1 is 0.344 bits per heavy atom. The lowest BCUT2D eigenvalue weighted by atomic mass is 9.88. The summed E-state index contributed by atoms with van der Waals surface area (Å²) in [5.74, 6) is 0. The van der Waals surface area contributed by atoms with E-state index in [0.717, 1.165) is 0 Å². The summed E-state index contributed by atoms with van der Waals surface area (Å²) in [5, 5.41) is 15.2. The zero-order chi connectivity index (χ0) is 40.0. The maximum absolute atomic E-state index is 2.52. The van der Waals surface area contributed by atoms with Crippen molar-refractivity contribution in [3.05, 3.63) is 236 Å². The average molecular weight is 775 g/mol. The second-order valence-corrected chi connectivity index (χ2v) is 16.4. The number of benzene rings is 11. The Labute approximate surface area is 353 Å². The minimum atomic E-state index is 0.116. The highest BCUT2D eigenvalue weighted by Crippen LogP contribution is 2.49. The minimum absolute atomic E-state index is 0.116. The number of aromatic nitrogens is 1. The highest BCUT2D eigenvalue weighted by molar-refractivity contribution is 6.38. The highest BCUT2D eigenvalue weighted by atomic mass is 15.2. The molecule has 1 aliphatic heterocycles. The van der Waals surface area contributed by atoms with Crippen LogP contribution in [0.1, 0.15) is 17.2 Å². The number of fused-ring (bicyclic) bond motifs is 12. The zero-order valence-electron chi connectivity index (χ0n) is 33.3. The molecular formula is C59H38N2. The van der Waals surface area contributed by atoms with E-state index in [1.807, 2.05) is 0 Å². The molecule has 0 spiro atoms. The first-order valence-electron chi connectivity index (χ1n) is 21.2. The lowest BCUT2D eigenvalue weighted by Gasteiger charge is -2.42. The third-order valence-electron chi connectivity index (χ3n) is 13.1. The molecule has 11 aromatic carbocycles. The van der Waals surface area contributed by atoms with Gasteiger partial charge in [-0.05, 0) is 120 Å². The quantitative estimate of drug-likeness (QED) is 0.158. The van der Waals surface area contributed by atoms with Crippen molar-refractivity contribution in [3.63, 3.8) is 0 Å². The molecule has 1 aliphatic rings. The van der Waals surface area contributed by atoms with Gasteiger partial charge in [-0.1, -0.05) is 170 Å². The third-order valence-corrected chi connectivity index (χ3v) is 13.1. The number of anilines is 1. The van der Waals surface area contributed by atoms with E-state index >= 15 is 0 Å². The smallest absolute Gasteiger partial charge is 0.0799 e. The Kier molecular flexibility index (Phi) is 7.40. The molecule has 0 fully saturated rings. The van der Waals surface area contributed by atoms with Gasteiger partial charge in [-0.3, -0.25) is 0 Å². The van der Waals surface area contributed by atoms with Crippen molar-refractivity contribution < 1.29 is 0 Å². The predicted octanol–water partition coefficient (Wildman–Crippen LogP) is 15.8. The van der Waals surface area contributed by atoms with Gasteiger partial charge in [0.1, 0.15) is 0 Å². The van der Waals surface area contributed by atoms with Crippen molar-refractivity contribution in [2.75, 3.05) is 4.90 Å². The fourth-order valence-electron chi connectivity index (χ4n) is 10.3. The first kappa shape index (κ1) is 34.0. The molecule has 61 heavy (non-hydrogen) atoms. The maximum atomic E-state index is 2.52. The first-order chi connectivity index (χ1) is 30.3. The average Bonchev–Trinajstić information content (AvgIpc) is 3.67. The van der Waals surface area contributed by atoms with Crippen LogP contribution in [-0.4, -0.2) is 4.57 Å². The summed E-state index contributed by atoms with van der Waals surface area (Å²) in [5.41, 5.74) is 11.0. The van der Waals surface area contributed by atoms with Crippen molar-refractivity contribution in [3.8, 4) is 16.8 Å². The molecule has 2 heterocycles. The molecule has 1 aromatic heterocycles. The molecular weight excluding hydrogens is 737 g/mol. The zero-order valence-corrected chi connectivity index (χ0v) is 33.3. The molecule has 1 atom stereocenters. The summed E-state index contributed by atoms with van der Waals surface area (Å²) in [7, 11) is 0. The number of hydrogen-bond donors (Lipinski definition) is 0. The third kappa shape index (κ3) is 5.16. The van der Waals surface area contributed by atoms with E-state index < -0.39 is 0 Å². The van der Waals surface area contributed by atoms with Crippen LogP contribution < -0.4 is 4.90 Å². The molecule has 0 saturated carbocycles. The molecule has 13 rings (SSSR count). The van der Waals surface area contributed by atoms with Crippen molar-refractivity contribution in [1.29, 1.82) is 0 Å². The second kappa shape index (κ2) is 13.3. The number of para-hydroxylation sites is 2. The minimum Gasteiger partial charge on any atom is -0.330 e. The van der Waals surface area contributed by atoms with Gasteiger partial charge in [0.2, 0.25) is 0 Å². The molecule has 1 unspecified atom stereocenters. The fourth-order valence-corrected chi connectivity index (χ4v) is 10.3. The molecule has 284 valence electrons. The molecule has 0 amide bonds. The van der Waals surface area contributed by atoms with Gasteiger partial charge in [-0.15, -0.1) is 0 Å².